The number of hydrogen-bond acceptors (Lipinski definition) is 4. The molecule has 0 aliphatic heterocycles. The van der Waals surface area contributed by atoms with E-state index in [4.69, 9.17) is 16.3 Å². The quantitative estimate of drug-likeness (QED) is 0.916. The Morgan fingerprint density at radius 3 is 2.61 bits per heavy atom. The monoisotopic (exact) mass is 269 g/mol. The number of nitrogens with one attached hydrogen (secondary N) is 1. The van der Waals surface area contributed by atoms with E-state index in [1.54, 1.807) is 12.2 Å². The zero-order valence-electron chi connectivity index (χ0n) is 10.6. The lowest BCUT2D eigenvalue weighted by molar-refractivity contribution is 0.0534. The number of carbonyl (C=O) groups is 1. The van der Waals surface area contributed by atoms with Gasteiger partial charge in [0, 0.05) is 18.9 Å². The molecule has 0 aliphatic rings. The number of nitrogens with zero attached hydrogens (tertiary/aromatic N) is 2. The summed E-state index contributed by atoms with van der Waals surface area (Å²) in [5.74, 6) is 0.533. The van der Waals surface area contributed by atoms with Gasteiger partial charge in [-0.05, 0) is 26.8 Å². The molecule has 0 saturated carbocycles. The van der Waals surface area contributed by atoms with E-state index < -0.39 is 11.7 Å². The van der Waals surface area contributed by atoms with Crippen LogP contribution in [-0.2, 0) is 4.74 Å². The van der Waals surface area contributed by atoms with Crippen molar-refractivity contribution in [1.82, 2.24) is 15.3 Å². The molecule has 1 aromatic rings. The molecule has 0 bridgehead atoms. The maximum Gasteiger partial charge on any atom is 0.407 e. The Balaban J connectivity index is 2.33. The van der Waals surface area contributed by atoms with Crippen LogP contribution in [0.25, 0.3) is 6.08 Å². The molecule has 6 heteroatoms. The van der Waals surface area contributed by atoms with Crippen LogP contribution in [0.4, 0.5) is 4.79 Å². The van der Waals surface area contributed by atoms with Crippen LogP contribution in [0.3, 0.4) is 0 Å². The first-order valence-corrected chi connectivity index (χ1v) is 5.85. The van der Waals surface area contributed by atoms with E-state index >= 15 is 0 Å². The molecular weight excluding hydrogens is 254 g/mol. The van der Waals surface area contributed by atoms with Crippen molar-refractivity contribution in [1.29, 1.82) is 0 Å². The van der Waals surface area contributed by atoms with Gasteiger partial charge in [0.05, 0.1) is 5.02 Å². The van der Waals surface area contributed by atoms with Crippen molar-refractivity contribution in [3.63, 3.8) is 0 Å². The van der Waals surface area contributed by atoms with Gasteiger partial charge in [0.25, 0.3) is 0 Å². The van der Waals surface area contributed by atoms with Crippen molar-refractivity contribution in [2.24, 2.45) is 0 Å². The van der Waals surface area contributed by atoms with Gasteiger partial charge in [-0.3, -0.25) is 0 Å². The lowest BCUT2D eigenvalue weighted by atomic mass is 10.2. The number of aromatic nitrogens is 2. The van der Waals surface area contributed by atoms with Crippen molar-refractivity contribution in [3.05, 3.63) is 29.3 Å². The molecule has 0 saturated heterocycles. The number of ether oxygens (including phenoxy) is 1. The molecule has 1 N–H and O–H groups in total. The number of hydrogen-bond donors (Lipinski definition) is 1. The molecule has 1 amide bonds. The second-order valence-electron chi connectivity index (χ2n) is 4.54. The van der Waals surface area contributed by atoms with Gasteiger partial charge in [0.1, 0.15) is 5.60 Å². The molecule has 0 unspecified atom stereocenters. The lowest BCUT2D eigenvalue weighted by Crippen LogP contribution is -2.32. The van der Waals surface area contributed by atoms with Gasteiger partial charge >= 0.3 is 6.09 Å². The molecular formula is C12H16ClN3O2. The van der Waals surface area contributed by atoms with Gasteiger partial charge in [-0.2, -0.15) is 0 Å². The van der Waals surface area contributed by atoms with E-state index in [1.807, 2.05) is 20.8 Å². The first-order valence-electron chi connectivity index (χ1n) is 5.48. The predicted molar refractivity (Wildman–Crippen MR) is 70.3 cm³/mol. The summed E-state index contributed by atoms with van der Waals surface area (Å²) in [5.41, 5.74) is -0.493. The zero-order chi connectivity index (χ0) is 13.6. The van der Waals surface area contributed by atoms with Crippen molar-refractivity contribution in [2.75, 3.05) is 6.54 Å². The number of alkyl carbamates (subject to hydrolysis) is 1. The van der Waals surface area contributed by atoms with Crippen LogP contribution in [-0.4, -0.2) is 28.2 Å². The summed E-state index contributed by atoms with van der Waals surface area (Å²) in [5, 5.41) is 3.08. The summed E-state index contributed by atoms with van der Waals surface area (Å²) >= 11 is 5.65. The Bertz CT molecular complexity index is 424. The molecule has 18 heavy (non-hydrogen) atoms. The predicted octanol–water partition coefficient (Wildman–Crippen LogP) is 2.67. The molecule has 0 spiro atoms. The molecule has 1 aromatic heterocycles. The fourth-order valence-corrected chi connectivity index (χ4v) is 1.13. The highest BCUT2D eigenvalue weighted by Crippen LogP contribution is 2.06. The summed E-state index contributed by atoms with van der Waals surface area (Å²) < 4.78 is 5.07. The fourth-order valence-electron chi connectivity index (χ4n) is 1.03. The second kappa shape index (κ2) is 6.35. The zero-order valence-corrected chi connectivity index (χ0v) is 11.4. The highest BCUT2D eigenvalue weighted by atomic mass is 35.5. The third kappa shape index (κ3) is 6.20. The van der Waals surface area contributed by atoms with Crippen LogP contribution in [0.2, 0.25) is 5.02 Å². The average Bonchev–Trinajstić information content (AvgIpc) is 2.24. The summed E-state index contributed by atoms with van der Waals surface area (Å²) in [6.45, 7) is 5.78. The van der Waals surface area contributed by atoms with Crippen LogP contribution in [0.5, 0.6) is 0 Å². The van der Waals surface area contributed by atoms with E-state index in [0.717, 1.165) is 0 Å². The Hall–Kier alpha value is -1.62. The smallest absolute Gasteiger partial charge is 0.407 e. The van der Waals surface area contributed by atoms with Crippen LogP contribution in [0.15, 0.2) is 18.5 Å². The molecule has 1 rings (SSSR count). The molecule has 5 nitrogen and oxygen atoms in total. The number of amides is 1. The van der Waals surface area contributed by atoms with E-state index in [-0.39, 0.29) is 0 Å². The van der Waals surface area contributed by atoms with Crippen molar-refractivity contribution in [2.45, 2.75) is 26.4 Å². The number of halogens is 1. The van der Waals surface area contributed by atoms with Crippen molar-refractivity contribution >= 4 is 23.8 Å². The standard InChI is InChI=1S/C12H16ClN3O2/c1-12(2,3)18-11(17)14-6-4-5-10-15-7-9(13)8-16-10/h4-5,7-8H,6H2,1-3H3,(H,14,17). The SMILES string of the molecule is CC(C)(C)OC(=O)NCC=Cc1ncc(Cl)cn1. The van der Waals surface area contributed by atoms with Gasteiger partial charge in [-0.1, -0.05) is 17.7 Å². The first-order chi connectivity index (χ1) is 8.37. The van der Waals surface area contributed by atoms with Crippen LogP contribution >= 0.6 is 11.6 Å². The van der Waals surface area contributed by atoms with E-state index in [9.17, 15) is 4.79 Å². The maximum atomic E-state index is 11.3. The Morgan fingerprint density at radius 2 is 2.06 bits per heavy atom. The third-order valence-electron chi connectivity index (χ3n) is 1.67. The fraction of sp³-hybridized carbons (Fsp3) is 0.417. The molecule has 0 fully saturated rings. The molecule has 0 aromatic carbocycles. The van der Waals surface area contributed by atoms with Crippen molar-refractivity contribution in [3.8, 4) is 0 Å². The third-order valence-corrected chi connectivity index (χ3v) is 1.87. The normalized spacial score (nSPS) is 11.6. The Kier molecular flexibility index (Phi) is 5.09. The minimum Gasteiger partial charge on any atom is -0.444 e. The summed E-state index contributed by atoms with van der Waals surface area (Å²) in [6.07, 6.45) is 5.98. The van der Waals surface area contributed by atoms with Crippen LogP contribution in [0.1, 0.15) is 26.6 Å². The van der Waals surface area contributed by atoms with Gasteiger partial charge < -0.3 is 10.1 Å². The summed E-state index contributed by atoms with van der Waals surface area (Å²) in [6, 6.07) is 0. The first kappa shape index (κ1) is 14.4. The molecule has 0 atom stereocenters. The summed E-state index contributed by atoms with van der Waals surface area (Å²) in [4.78, 5) is 19.3. The number of rotatable bonds is 3. The minimum atomic E-state index is -0.493. The number of carbonyl (C=O) groups excluding carboxylic acids is 1. The van der Waals surface area contributed by atoms with Gasteiger partial charge in [0.15, 0.2) is 5.82 Å². The largest absolute Gasteiger partial charge is 0.444 e. The topological polar surface area (TPSA) is 64.1 Å². The van der Waals surface area contributed by atoms with Gasteiger partial charge in [0.2, 0.25) is 0 Å². The highest BCUT2D eigenvalue weighted by Gasteiger charge is 2.14. The van der Waals surface area contributed by atoms with E-state index in [2.05, 4.69) is 15.3 Å². The Morgan fingerprint density at radius 1 is 1.44 bits per heavy atom. The summed E-state index contributed by atoms with van der Waals surface area (Å²) in [7, 11) is 0. The van der Waals surface area contributed by atoms with Gasteiger partial charge in [-0.25, -0.2) is 14.8 Å². The lowest BCUT2D eigenvalue weighted by Gasteiger charge is -2.19. The van der Waals surface area contributed by atoms with Crippen molar-refractivity contribution < 1.29 is 9.53 Å². The average molecular weight is 270 g/mol. The highest BCUT2D eigenvalue weighted by molar-refractivity contribution is 6.30. The molecule has 0 aliphatic carbocycles. The Labute approximate surface area is 111 Å². The molecule has 1 heterocycles. The van der Waals surface area contributed by atoms with E-state index in [1.165, 1.54) is 12.4 Å². The van der Waals surface area contributed by atoms with E-state index in [0.29, 0.717) is 17.4 Å². The maximum absolute atomic E-state index is 11.3. The minimum absolute atomic E-state index is 0.348. The second-order valence-corrected chi connectivity index (χ2v) is 4.98. The van der Waals surface area contributed by atoms with Gasteiger partial charge in [-0.15, -0.1) is 0 Å². The molecule has 0 radical (unpaired) electrons. The van der Waals surface area contributed by atoms with Crippen LogP contribution in [0, 0.1) is 0 Å². The van der Waals surface area contributed by atoms with Crippen LogP contribution < -0.4 is 5.32 Å². The molecule has 98 valence electrons.